The average molecular weight is 339 g/mol. The summed E-state index contributed by atoms with van der Waals surface area (Å²) in [4.78, 5) is 15.1. The predicted octanol–water partition coefficient (Wildman–Crippen LogP) is 3.20. The number of ether oxygens (including phenoxy) is 1. The first-order chi connectivity index (χ1) is 12.1. The predicted molar refractivity (Wildman–Crippen MR) is 97.9 cm³/mol. The van der Waals surface area contributed by atoms with Crippen LogP contribution in [0.3, 0.4) is 0 Å². The van der Waals surface area contributed by atoms with E-state index in [0.29, 0.717) is 12.0 Å². The van der Waals surface area contributed by atoms with E-state index in [4.69, 9.17) is 4.74 Å². The molecular formula is C20H25N3O2. The molecule has 25 heavy (non-hydrogen) atoms. The molecule has 4 heterocycles. The first kappa shape index (κ1) is 16.2. The zero-order chi connectivity index (χ0) is 17.4. The average Bonchev–Trinajstić information content (AvgIpc) is 3.13. The highest BCUT2D eigenvalue weighted by molar-refractivity contribution is 5.79. The van der Waals surface area contributed by atoms with Gasteiger partial charge in [0, 0.05) is 31.0 Å². The lowest BCUT2D eigenvalue weighted by atomic mass is 9.80. The van der Waals surface area contributed by atoms with E-state index < -0.39 is 0 Å². The van der Waals surface area contributed by atoms with Crippen LogP contribution in [0, 0.1) is 5.92 Å². The highest BCUT2D eigenvalue weighted by atomic mass is 16.5. The molecule has 0 spiro atoms. The number of rotatable bonds is 3. The number of hydrogen-bond acceptors (Lipinski definition) is 3. The van der Waals surface area contributed by atoms with Gasteiger partial charge in [0.05, 0.1) is 7.11 Å². The van der Waals surface area contributed by atoms with Crippen molar-refractivity contribution in [2.24, 2.45) is 5.92 Å². The second-order valence-electron chi connectivity index (χ2n) is 7.22. The molecule has 3 unspecified atom stereocenters. The Labute approximate surface area is 148 Å². The van der Waals surface area contributed by atoms with Crippen LogP contribution in [0.1, 0.15) is 19.8 Å². The summed E-state index contributed by atoms with van der Waals surface area (Å²) in [5, 5.41) is 3.23. The van der Waals surface area contributed by atoms with Crippen molar-refractivity contribution in [3.8, 4) is 16.9 Å². The van der Waals surface area contributed by atoms with E-state index in [1.807, 2.05) is 42.7 Å². The Kier molecular flexibility index (Phi) is 4.25. The molecule has 1 N–H and O–H groups in total. The topological polar surface area (TPSA) is 46.5 Å². The Morgan fingerprint density at radius 1 is 1.20 bits per heavy atom. The molecule has 4 atom stereocenters. The van der Waals surface area contributed by atoms with E-state index in [9.17, 15) is 4.79 Å². The van der Waals surface area contributed by atoms with Gasteiger partial charge in [0.2, 0.25) is 0 Å². The number of nitrogens with one attached hydrogen (secondary N) is 1. The third-order valence-corrected chi connectivity index (χ3v) is 5.71. The van der Waals surface area contributed by atoms with Gasteiger partial charge >= 0.3 is 6.03 Å². The van der Waals surface area contributed by atoms with Crippen LogP contribution >= 0.6 is 0 Å². The molecule has 1 aromatic carbocycles. The van der Waals surface area contributed by atoms with Gasteiger partial charge in [0.15, 0.2) is 0 Å². The summed E-state index contributed by atoms with van der Waals surface area (Å²) < 4.78 is 6.84. The molecule has 5 rings (SSSR count). The van der Waals surface area contributed by atoms with Crippen LogP contribution in [-0.4, -0.2) is 47.8 Å². The van der Waals surface area contributed by atoms with Gasteiger partial charge in [0.1, 0.15) is 5.75 Å². The Bertz CT molecular complexity index is 753. The van der Waals surface area contributed by atoms with Crippen molar-refractivity contribution < 1.29 is 9.53 Å². The standard InChI is InChI=1S/C20H25N3O2/c1-14-11-16-7-9-22(14)13-19(16)21-20(24)23-10-8-17(12-23)15-3-5-18(25-2)6-4-15/h3-6,8,10,12,14,16,19H,7,9,11,13H2,1-2H3,(H,21,24)/t14?,16?,19-/m0/s1. The van der Waals surface area contributed by atoms with Gasteiger partial charge in [-0.2, -0.15) is 0 Å². The molecule has 3 fully saturated rings. The van der Waals surface area contributed by atoms with E-state index in [-0.39, 0.29) is 12.1 Å². The van der Waals surface area contributed by atoms with Crippen molar-refractivity contribution >= 4 is 6.03 Å². The fourth-order valence-corrected chi connectivity index (χ4v) is 4.17. The molecule has 1 aromatic heterocycles. The van der Waals surface area contributed by atoms with Crippen LogP contribution in [0.5, 0.6) is 5.75 Å². The number of aromatic nitrogens is 1. The molecule has 0 saturated carbocycles. The Morgan fingerprint density at radius 3 is 2.64 bits per heavy atom. The van der Waals surface area contributed by atoms with E-state index in [0.717, 1.165) is 23.4 Å². The van der Waals surface area contributed by atoms with E-state index in [2.05, 4.69) is 17.1 Å². The number of methoxy groups -OCH3 is 1. The highest BCUT2D eigenvalue weighted by Crippen LogP contribution is 2.32. The van der Waals surface area contributed by atoms with Gasteiger partial charge in [0.25, 0.3) is 0 Å². The lowest BCUT2D eigenvalue weighted by Crippen LogP contribution is -2.60. The van der Waals surface area contributed by atoms with Crippen molar-refractivity contribution in [2.75, 3.05) is 20.2 Å². The van der Waals surface area contributed by atoms with Crippen molar-refractivity contribution in [1.82, 2.24) is 14.8 Å². The van der Waals surface area contributed by atoms with E-state index in [1.165, 1.54) is 19.4 Å². The maximum absolute atomic E-state index is 12.6. The smallest absolute Gasteiger partial charge is 0.325 e. The van der Waals surface area contributed by atoms with Gasteiger partial charge in [-0.25, -0.2) is 4.79 Å². The minimum absolute atomic E-state index is 0.0360. The summed E-state index contributed by atoms with van der Waals surface area (Å²) in [6.45, 7) is 4.44. The minimum atomic E-state index is -0.0360. The third kappa shape index (κ3) is 3.16. The van der Waals surface area contributed by atoms with Crippen LogP contribution < -0.4 is 10.1 Å². The molecule has 2 aromatic rings. The molecule has 3 aliphatic heterocycles. The van der Waals surface area contributed by atoms with Gasteiger partial charge in [-0.05, 0) is 61.6 Å². The number of amides is 1. The Morgan fingerprint density at radius 2 is 2.00 bits per heavy atom. The molecular weight excluding hydrogens is 314 g/mol. The quantitative estimate of drug-likeness (QED) is 0.934. The lowest BCUT2D eigenvalue weighted by molar-refractivity contribution is 0.0322. The molecule has 2 bridgehead atoms. The summed E-state index contributed by atoms with van der Waals surface area (Å²) in [5.41, 5.74) is 2.10. The summed E-state index contributed by atoms with van der Waals surface area (Å²) in [6, 6.07) is 10.7. The maximum atomic E-state index is 12.6. The van der Waals surface area contributed by atoms with Crippen LogP contribution in [0.15, 0.2) is 42.7 Å². The minimum Gasteiger partial charge on any atom is -0.497 e. The summed E-state index contributed by atoms with van der Waals surface area (Å²) in [7, 11) is 1.66. The summed E-state index contributed by atoms with van der Waals surface area (Å²) >= 11 is 0. The second kappa shape index (κ2) is 6.56. The SMILES string of the molecule is COc1ccc(-c2ccn(C(=O)N[C@H]3CN4CCC3CC4C)c2)cc1. The normalized spacial score (nSPS) is 27.9. The zero-order valence-electron chi connectivity index (χ0n) is 14.8. The number of fused-ring (bicyclic) bond motifs is 3. The van der Waals surface area contributed by atoms with Crippen LogP contribution in [0.2, 0.25) is 0 Å². The molecule has 5 heteroatoms. The second-order valence-corrected chi connectivity index (χ2v) is 7.22. The number of carbonyl (C=O) groups excluding carboxylic acids is 1. The summed E-state index contributed by atoms with van der Waals surface area (Å²) in [6.07, 6.45) is 6.10. The molecule has 0 radical (unpaired) electrons. The largest absolute Gasteiger partial charge is 0.497 e. The van der Waals surface area contributed by atoms with Crippen LogP contribution in [0.25, 0.3) is 11.1 Å². The molecule has 0 aliphatic carbocycles. The molecule has 3 saturated heterocycles. The number of hydrogen-bond donors (Lipinski definition) is 1. The molecule has 5 nitrogen and oxygen atoms in total. The molecule has 132 valence electrons. The third-order valence-electron chi connectivity index (χ3n) is 5.71. The first-order valence-electron chi connectivity index (χ1n) is 9.01. The number of nitrogens with zero attached hydrogens (tertiary/aromatic N) is 2. The van der Waals surface area contributed by atoms with Crippen molar-refractivity contribution in [3.63, 3.8) is 0 Å². The monoisotopic (exact) mass is 339 g/mol. The van der Waals surface area contributed by atoms with Crippen molar-refractivity contribution in [1.29, 1.82) is 0 Å². The fraction of sp³-hybridized carbons (Fsp3) is 0.450. The van der Waals surface area contributed by atoms with Gasteiger partial charge in [-0.15, -0.1) is 0 Å². The first-order valence-corrected chi connectivity index (χ1v) is 9.01. The Balaban J connectivity index is 1.44. The lowest BCUT2D eigenvalue weighted by Gasteiger charge is -2.48. The number of piperidine rings is 3. The highest BCUT2D eigenvalue weighted by Gasteiger charge is 2.38. The van der Waals surface area contributed by atoms with E-state index >= 15 is 0 Å². The van der Waals surface area contributed by atoms with Crippen LogP contribution in [-0.2, 0) is 0 Å². The van der Waals surface area contributed by atoms with E-state index in [1.54, 1.807) is 11.7 Å². The van der Waals surface area contributed by atoms with Gasteiger partial charge in [-0.3, -0.25) is 9.47 Å². The van der Waals surface area contributed by atoms with Gasteiger partial charge < -0.3 is 10.1 Å². The summed E-state index contributed by atoms with van der Waals surface area (Å²) in [5.74, 6) is 1.44. The molecule has 3 aliphatic rings. The van der Waals surface area contributed by atoms with Crippen molar-refractivity contribution in [2.45, 2.75) is 31.8 Å². The molecule has 1 amide bonds. The Hall–Kier alpha value is -2.27. The fourth-order valence-electron chi connectivity index (χ4n) is 4.17. The maximum Gasteiger partial charge on any atom is 0.325 e. The number of carbonyl (C=O) groups is 1. The van der Waals surface area contributed by atoms with Gasteiger partial charge in [-0.1, -0.05) is 12.1 Å². The zero-order valence-corrected chi connectivity index (χ0v) is 14.8. The van der Waals surface area contributed by atoms with Crippen molar-refractivity contribution in [3.05, 3.63) is 42.7 Å². The number of benzene rings is 1. The van der Waals surface area contributed by atoms with Crippen LogP contribution in [0.4, 0.5) is 4.79 Å².